The van der Waals surface area contributed by atoms with Crippen LogP contribution in [0.3, 0.4) is 0 Å². The van der Waals surface area contributed by atoms with Crippen molar-refractivity contribution in [3.8, 4) is 0 Å². The molecule has 1 aliphatic carbocycles. The van der Waals surface area contributed by atoms with E-state index in [2.05, 4.69) is 84.5 Å². The standard InChI is InChI=1S/C22H25NOSi/c1-25(2,17-8-4-3-5-9-17)15-14-22(24)13-12-21-19(16-22)18-10-6-7-11-20(18)23-21/h3-11,14-15,23-24H,12-13,16H2,1-2H3/b15-14+. The van der Waals surface area contributed by atoms with Crippen molar-refractivity contribution in [1.82, 2.24) is 4.98 Å². The molecule has 1 atom stereocenters. The summed E-state index contributed by atoms with van der Waals surface area (Å²) in [5.74, 6) is 0. The number of hydrogen-bond donors (Lipinski definition) is 2. The molecule has 128 valence electrons. The van der Waals surface area contributed by atoms with E-state index in [1.54, 1.807) is 0 Å². The number of nitrogens with one attached hydrogen (secondary N) is 1. The first-order valence-electron chi connectivity index (χ1n) is 9.04. The summed E-state index contributed by atoms with van der Waals surface area (Å²) in [5, 5.41) is 13.9. The highest BCUT2D eigenvalue weighted by Crippen LogP contribution is 2.34. The number of rotatable bonds is 3. The van der Waals surface area contributed by atoms with Gasteiger partial charge in [0.05, 0.1) is 5.60 Å². The van der Waals surface area contributed by atoms with Gasteiger partial charge in [0.25, 0.3) is 0 Å². The maximum Gasteiger partial charge on any atom is 0.103 e. The van der Waals surface area contributed by atoms with Gasteiger partial charge in [0.15, 0.2) is 0 Å². The Morgan fingerprint density at radius 3 is 2.56 bits per heavy atom. The van der Waals surface area contributed by atoms with Crippen LogP contribution in [0, 0.1) is 0 Å². The van der Waals surface area contributed by atoms with Crippen LogP contribution in [0.25, 0.3) is 10.9 Å². The fraction of sp³-hybridized carbons (Fsp3) is 0.273. The van der Waals surface area contributed by atoms with Crippen LogP contribution in [0.5, 0.6) is 0 Å². The molecule has 4 rings (SSSR count). The lowest BCUT2D eigenvalue weighted by Crippen LogP contribution is -2.41. The Bertz CT molecular complexity index is 926. The molecule has 0 fully saturated rings. The number of benzene rings is 2. The number of para-hydroxylation sites is 1. The van der Waals surface area contributed by atoms with Crippen molar-refractivity contribution in [2.75, 3.05) is 0 Å². The summed E-state index contributed by atoms with van der Waals surface area (Å²) in [6.45, 7) is 4.67. The van der Waals surface area contributed by atoms with Crippen LogP contribution in [0.2, 0.25) is 13.1 Å². The van der Waals surface area contributed by atoms with Gasteiger partial charge in [-0.25, -0.2) is 0 Å². The van der Waals surface area contributed by atoms with Crippen molar-refractivity contribution in [3.05, 3.63) is 77.6 Å². The van der Waals surface area contributed by atoms with Gasteiger partial charge in [0, 0.05) is 23.0 Å². The zero-order valence-corrected chi connectivity index (χ0v) is 15.9. The fourth-order valence-electron chi connectivity index (χ4n) is 3.88. The molecule has 0 saturated heterocycles. The topological polar surface area (TPSA) is 36.0 Å². The molecule has 0 spiro atoms. The Labute approximate surface area is 150 Å². The highest BCUT2D eigenvalue weighted by Gasteiger charge is 2.33. The summed E-state index contributed by atoms with van der Waals surface area (Å²) in [6.07, 6.45) is 4.47. The van der Waals surface area contributed by atoms with Crippen molar-refractivity contribution < 1.29 is 5.11 Å². The molecule has 1 heterocycles. The molecule has 3 aromatic rings. The van der Waals surface area contributed by atoms with E-state index >= 15 is 0 Å². The van der Waals surface area contributed by atoms with Crippen molar-refractivity contribution in [2.24, 2.45) is 0 Å². The lowest BCUT2D eigenvalue weighted by atomic mass is 9.83. The Morgan fingerprint density at radius 1 is 1.04 bits per heavy atom. The second kappa shape index (κ2) is 6.01. The number of aromatic nitrogens is 1. The van der Waals surface area contributed by atoms with Gasteiger partial charge in [0.1, 0.15) is 8.07 Å². The van der Waals surface area contributed by atoms with Gasteiger partial charge in [-0.1, -0.05) is 78.6 Å². The Kier molecular flexibility index (Phi) is 3.93. The summed E-state index contributed by atoms with van der Waals surface area (Å²) in [5.41, 5.74) is 5.32. The zero-order valence-electron chi connectivity index (χ0n) is 14.9. The van der Waals surface area contributed by atoms with Crippen LogP contribution in [0.4, 0.5) is 0 Å². The molecule has 0 saturated carbocycles. The molecule has 1 aromatic heterocycles. The largest absolute Gasteiger partial charge is 0.385 e. The molecule has 1 aliphatic rings. The van der Waals surface area contributed by atoms with Crippen molar-refractivity contribution in [2.45, 2.75) is 38.0 Å². The van der Waals surface area contributed by atoms with E-state index < -0.39 is 13.7 Å². The summed E-state index contributed by atoms with van der Waals surface area (Å²) in [4.78, 5) is 3.53. The van der Waals surface area contributed by atoms with Gasteiger partial charge >= 0.3 is 0 Å². The average Bonchev–Trinajstić information content (AvgIpc) is 2.99. The summed E-state index contributed by atoms with van der Waals surface area (Å²) < 4.78 is 0. The van der Waals surface area contributed by atoms with Crippen LogP contribution >= 0.6 is 0 Å². The maximum absolute atomic E-state index is 11.2. The molecule has 2 N–H and O–H groups in total. The third-order valence-corrected chi connectivity index (χ3v) is 8.34. The number of aryl methyl sites for hydroxylation is 1. The van der Waals surface area contributed by atoms with Crippen molar-refractivity contribution in [1.29, 1.82) is 0 Å². The van der Waals surface area contributed by atoms with E-state index in [0.29, 0.717) is 6.42 Å². The molecule has 0 amide bonds. The quantitative estimate of drug-likeness (QED) is 0.688. The first-order valence-corrected chi connectivity index (χ1v) is 12.1. The molecule has 0 aliphatic heterocycles. The van der Waals surface area contributed by atoms with Crippen molar-refractivity contribution >= 4 is 24.2 Å². The van der Waals surface area contributed by atoms with E-state index in [9.17, 15) is 5.11 Å². The first-order chi connectivity index (χ1) is 12.0. The lowest BCUT2D eigenvalue weighted by molar-refractivity contribution is 0.0763. The van der Waals surface area contributed by atoms with E-state index in [-0.39, 0.29) is 0 Å². The predicted molar refractivity (Wildman–Crippen MR) is 108 cm³/mol. The average molecular weight is 348 g/mol. The van der Waals surface area contributed by atoms with Crippen LogP contribution < -0.4 is 5.19 Å². The Hall–Kier alpha value is -2.10. The number of aliphatic hydroxyl groups is 1. The predicted octanol–water partition coefficient (Wildman–Crippen LogP) is 4.10. The second-order valence-corrected chi connectivity index (χ2v) is 12.2. The minimum Gasteiger partial charge on any atom is -0.385 e. The normalized spacial score (nSPS) is 20.9. The molecular weight excluding hydrogens is 322 g/mol. The van der Waals surface area contributed by atoms with Crippen LogP contribution in [-0.2, 0) is 12.8 Å². The van der Waals surface area contributed by atoms with E-state index in [0.717, 1.165) is 12.8 Å². The van der Waals surface area contributed by atoms with Gasteiger partial charge in [0.2, 0.25) is 0 Å². The van der Waals surface area contributed by atoms with E-state index in [1.165, 1.54) is 27.3 Å². The molecule has 0 bridgehead atoms. The number of aromatic amines is 1. The lowest BCUT2D eigenvalue weighted by Gasteiger charge is -2.31. The number of hydrogen-bond acceptors (Lipinski definition) is 1. The van der Waals surface area contributed by atoms with Gasteiger partial charge in [-0.15, -0.1) is 0 Å². The highest BCUT2D eigenvalue weighted by molar-refractivity contribution is 6.93. The molecule has 3 heteroatoms. The van der Waals surface area contributed by atoms with Crippen LogP contribution in [-0.4, -0.2) is 23.8 Å². The Morgan fingerprint density at radius 2 is 1.76 bits per heavy atom. The minimum absolute atomic E-state index is 0.697. The third-order valence-electron chi connectivity index (χ3n) is 5.52. The molecule has 2 nitrogen and oxygen atoms in total. The zero-order chi connectivity index (χ0) is 17.5. The fourth-order valence-corrected chi connectivity index (χ4v) is 5.85. The highest BCUT2D eigenvalue weighted by atomic mass is 28.3. The summed E-state index contributed by atoms with van der Waals surface area (Å²) in [7, 11) is -1.69. The number of H-pyrrole nitrogens is 1. The molecule has 2 aromatic carbocycles. The maximum atomic E-state index is 11.2. The van der Waals surface area contributed by atoms with Gasteiger partial charge in [-0.2, -0.15) is 0 Å². The first kappa shape index (κ1) is 16.4. The SMILES string of the molecule is C[Si](C)(/C=C/C1(O)CCc2[nH]c3ccccc3c2C1)c1ccccc1. The molecule has 0 radical (unpaired) electrons. The third kappa shape index (κ3) is 3.10. The molecule has 25 heavy (non-hydrogen) atoms. The summed E-state index contributed by atoms with van der Waals surface area (Å²) >= 11 is 0. The van der Waals surface area contributed by atoms with Gasteiger partial charge < -0.3 is 10.1 Å². The molecular formula is C22H25NOSi. The Balaban J connectivity index is 1.63. The number of fused-ring (bicyclic) bond motifs is 3. The van der Waals surface area contributed by atoms with Gasteiger partial charge in [-0.3, -0.25) is 0 Å². The van der Waals surface area contributed by atoms with E-state index in [1.807, 2.05) is 0 Å². The summed E-state index contributed by atoms with van der Waals surface area (Å²) in [6, 6.07) is 19.1. The molecule has 1 unspecified atom stereocenters. The minimum atomic E-state index is -1.69. The van der Waals surface area contributed by atoms with Crippen LogP contribution in [0.15, 0.2) is 66.4 Å². The smallest absolute Gasteiger partial charge is 0.103 e. The van der Waals surface area contributed by atoms with Crippen LogP contribution in [0.1, 0.15) is 17.7 Å². The van der Waals surface area contributed by atoms with Gasteiger partial charge in [-0.05, 0) is 24.5 Å². The van der Waals surface area contributed by atoms with E-state index in [4.69, 9.17) is 0 Å². The van der Waals surface area contributed by atoms with Crippen molar-refractivity contribution in [3.63, 3.8) is 0 Å². The monoisotopic (exact) mass is 347 g/mol. The second-order valence-electron chi connectivity index (χ2n) is 7.83.